The number of hydrogen-bond donors (Lipinski definition) is 0. The molecule has 2 aromatic rings. The van der Waals surface area contributed by atoms with Gasteiger partial charge >= 0.3 is 0 Å². The number of rotatable bonds is 3. The summed E-state index contributed by atoms with van der Waals surface area (Å²) < 4.78 is 40.3. The van der Waals surface area contributed by atoms with Crippen molar-refractivity contribution in [2.75, 3.05) is 24.5 Å². The van der Waals surface area contributed by atoms with E-state index < -0.39 is 10.0 Å². The molecule has 2 aromatic carbocycles. The summed E-state index contributed by atoms with van der Waals surface area (Å²) in [6, 6.07) is 14.2. The van der Waals surface area contributed by atoms with E-state index >= 15 is 0 Å². The highest BCUT2D eigenvalue weighted by atomic mass is 32.2. The van der Waals surface area contributed by atoms with Crippen LogP contribution in [-0.2, 0) is 14.8 Å². The van der Waals surface area contributed by atoms with Gasteiger partial charge in [-0.05, 0) is 42.8 Å². The number of carbonyl (C=O) groups is 1. The maximum atomic E-state index is 13.1. The maximum absolute atomic E-state index is 13.1. The Morgan fingerprint density at radius 1 is 0.962 bits per heavy atom. The minimum Gasteiger partial charge on any atom is -0.312 e. The molecule has 0 bridgehead atoms. The lowest BCUT2D eigenvalue weighted by molar-refractivity contribution is -0.117. The molecule has 1 amide bonds. The Balaban J connectivity index is 1.55. The molecule has 1 spiro atoms. The lowest BCUT2D eigenvalue weighted by Crippen LogP contribution is -2.34. The highest BCUT2D eigenvalue weighted by Gasteiger charge is 2.50. The molecule has 26 heavy (non-hydrogen) atoms. The lowest BCUT2D eigenvalue weighted by Gasteiger charge is -2.24. The van der Waals surface area contributed by atoms with E-state index in [0.717, 1.165) is 0 Å². The van der Waals surface area contributed by atoms with Crippen molar-refractivity contribution >= 4 is 21.6 Å². The van der Waals surface area contributed by atoms with Gasteiger partial charge in [0.05, 0.1) is 4.90 Å². The van der Waals surface area contributed by atoms with Gasteiger partial charge in [-0.15, -0.1) is 0 Å². The summed E-state index contributed by atoms with van der Waals surface area (Å²) in [6.07, 6.45) is 0.952. The highest BCUT2D eigenvalue weighted by Crippen LogP contribution is 2.43. The molecule has 2 aliphatic rings. The fourth-order valence-electron chi connectivity index (χ4n) is 3.87. The summed E-state index contributed by atoms with van der Waals surface area (Å²) in [5.41, 5.74) is 0.269. The van der Waals surface area contributed by atoms with Crippen LogP contribution in [0.3, 0.4) is 0 Å². The van der Waals surface area contributed by atoms with Crippen LogP contribution in [0, 0.1) is 11.2 Å². The third kappa shape index (κ3) is 2.91. The van der Waals surface area contributed by atoms with Crippen LogP contribution in [0.15, 0.2) is 59.5 Å². The van der Waals surface area contributed by atoms with Crippen molar-refractivity contribution in [1.82, 2.24) is 4.31 Å². The van der Waals surface area contributed by atoms with Crippen LogP contribution < -0.4 is 4.90 Å². The van der Waals surface area contributed by atoms with Crippen LogP contribution in [-0.4, -0.2) is 38.3 Å². The van der Waals surface area contributed by atoms with Gasteiger partial charge in [0.25, 0.3) is 0 Å². The molecule has 1 atom stereocenters. The van der Waals surface area contributed by atoms with Crippen molar-refractivity contribution in [2.24, 2.45) is 5.41 Å². The van der Waals surface area contributed by atoms with Gasteiger partial charge in [0.15, 0.2) is 0 Å². The number of nitrogens with zero attached hydrogens (tertiary/aromatic N) is 2. The molecule has 0 radical (unpaired) electrons. The molecule has 2 aliphatic heterocycles. The van der Waals surface area contributed by atoms with E-state index in [4.69, 9.17) is 0 Å². The molecule has 0 aliphatic carbocycles. The normalized spacial score (nSPS) is 23.9. The molecule has 2 saturated heterocycles. The van der Waals surface area contributed by atoms with Gasteiger partial charge in [-0.2, -0.15) is 4.31 Å². The quantitative estimate of drug-likeness (QED) is 0.830. The fraction of sp³-hybridized carbons (Fsp3) is 0.316. The van der Waals surface area contributed by atoms with Crippen LogP contribution >= 0.6 is 0 Å². The summed E-state index contributed by atoms with van der Waals surface area (Å²) in [5.74, 6) is -0.397. The van der Waals surface area contributed by atoms with E-state index in [2.05, 4.69) is 0 Å². The van der Waals surface area contributed by atoms with Crippen molar-refractivity contribution in [3.8, 4) is 0 Å². The number of amides is 1. The first-order valence-electron chi connectivity index (χ1n) is 8.51. The third-order valence-electron chi connectivity index (χ3n) is 5.24. The lowest BCUT2D eigenvalue weighted by atomic mass is 9.86. The zero-order valence-electron chi connectivity index (χ0n) is 14.1. The number of halogens is 1. The number of anilines is 1. The van der Waals surface area contributed by atoms with Crippen molar-refractivity contribution in [2.45, 2.75) is 17.7 Å². The summed E-state index contributed by atoms with van der Waals surface area (Å²) in [7, 11) is -3.55. The minimum absolute atomic E-state index is 0.0458. The Hall–Kier alpha value is -2.25. The van der Waals surface area contributed by atoms with Crippen molar-refractivity contribution in [3.05, 3.63) is 60.4 Å². The predicted octanol–water partition coefficient (Wildman–Crippen LogP) is 2.64. The number of sulfonamides is 1. The number of hydrogen-bond acceptors (Lipinski definition) is 3. The average Bonchev–Trinajstić information content (AvgIpc) is 3.20. The SMILES string of the molecule is O=C1C[C@]2(CCN(S(=O)(=O)c3ccccc3)C2)CN1c1ccc(F)cc1. The Morgan fingerprint density at radius 2 is 1.65 bits per heavy atom. The predicted molar refractivity (Wildman–Crippen MR) is 95.6 cm³/mol. The third-order valence-corrected chi connectivity index (χ3v) is 7.10. The monoisotopic (exact) mass is 374 g/mol. The van der Waals surface area contributed by atoms with E-state index in [1.54, 1.807) is 47.4 Å². The summed E-state index contributed by atoms with van der Waals surface area (Å²) in [6.45, 7) is 1.19. The van der Waals surface area contributed by atoms with Gasteiger partial charge in [0.1, 0.15) is 5.82 Å². The van der Waals surface area contributed by atoms with Gasteiger partial charge in [0.2, 0.25) is 15.9 Å². The van der Waals surface area contributed by atoms with Gasteiger partial charge < -0.3 is 4.90 Å². The Bertz CT molecular complexity index is 931. The smallest absolute Gasteiger partial charge is 0.243 e. The fourth-order valence-corrected chi connectivity index (χ4v) is 5.44. The molecule has 136 valence electrons. The van der Waals surface area contributed by atoms with E-state index in [0.29, 0.717) is 38.2 Å². The standard InChI is InChI=1S/C19H19FN2O3S/c20-15-6-8-16(9-7-15)22-14-19(12-18(22)23)10-11-21(13-19)26(24,25)17-4-2-1-3-5-17/h1-9H,10-14H2/t19-/m0/s1. The summed E-state index contributed by atoms with van der Waals surface area (Å²) >= 11 is 0. The van der Waals surface area contributed by atoms with E-state index in [-0.39, 0.29) is 22.0 Å². The maximum Gasteiger partial charge on any atom is 0.243 e. The number of carbonyl (C=O) groups excluding carboxylic acids is 1. The Morgan fingerprint density at radius 3 is 2.35 bits per heavy atom. The molecule has 0 saturated carbocycles. The Kier molecular flexibility index (Phi) is 4.08. The zero-order valence-corrected chi connectivity index (χ0v) is 15.0. The van der Waals surface area contributed by atoms with Gasteiger partial charge in [-0.3, -0.25) is 4.79 Å². The van der Waals surface area contributed by atoms with Crippen LogP contribution in [0.5, 0.6) is 0 Å². The van der Waals surface area contributed by atoms with Crippen LogP contribution in [0.4, 0.5) is 10.1 Å². The molecule has 0 aromatic heterocycles. The molecular formula is C19H19FN2O3S. The summed E-state index contributed by atoms with van der Waals surface area (Å²) in [4.78, 5) is 14.4. The highest BCUT2D eigenvalue weighted by molar-refractivity contribution is 7.89. The topological polar surface area (TPSA) is 57.7 Å². The molecule has 0 unspecified atom stereocenters. The van der Waals surface area contributed by atoms with E-state index in [9.17, 15) is 17.6 Å². The largest absolute Gasteiger partial charge is 0.312 e. The first-order chi connectivity index (χ1) is 12.4. The first-order valence-corrected chi connectivity index (χ1v) is 9.95. The molecule has 0 N–H and O–H groups in total. The second-order valence-corrected chi connectivity index (χ2v) is 8.97. The molecule has 4 rings (SSSR count). The first kappa shape index (κ1) is 17.2. The summed E-state index contributed by atoms with van der Waals surface area (Å²) in [5, 5.41) is 0. The van der Waals surface area contributed by atoms with Crippen LogP contribution in [0.2, 0.25) is 0 Å². The van der Waals surface area contributed by atoms with Gasteiger partial charge in [0, 0.05) is 37.2 Å². The second kappa shape index (κ2) is 6.17. The van der Waals surface area contributed by atoms with Crippen molar-refractivity contribution in [1.29, 1.82) is 0 Å². The van der Waals surface area contributed by atoms with Crippen LogP contribution in [0.25, 0.3) is 0 Å². The average molecular weight is 374 g/mol. The molecule has 2 fully saturated rings. The number of benzene rings is 2. The molecule has 2 heterocycles. The van der Waals surface area contributed by atoms with Gasteiger partial charge in [-0.1, -0.05) is 18.2 Å². The van der Waals surface area contributed by atoms with Crippen molar-refractivity contribution in [3.63, 3.8) is 0 Å². The van der Waals surface area contributed by atoms with E-state index in [1.165, 1.54) is 16.4 Å². The second-order valence-electron chi connectivity index (χ2n) is 7.03. The Labute approximate surface area is 152 Å². The zero-order chi connectivity index (χ0) is 18.4. The molecule has 5 nitrogen and oxygen atoms in total. The molecule has 7 heteroatoms. The van der Waals surface area contributed by atoms with Crippen LogP contribution in [0.1, 0.15) is 12.8 Å². The van der Waals surface area contributed by atoms with Crippen molar-refractivity contribution < 1.29 is 17.6 Å². The van der Waals surface area contributed by atoms with E-state index in [1.807, 2.05) is 0 Å². The molecular weight excluding hydrogens is 355 g/mol. The van der Waals surface area contributed by atoms with Gasteiger partial charge in [-0.25, -0.2) is 12.8 Å². The minimum atomic E-state index is -3.55.